The molecule has 1 saturated carbocycles. The summed E-state index contributed by atoms with van der Waals surface area (Å²) in [5.74, 6) is 1.91. The maximum Gasteiger partial charge on any atom is 0.122 e. The van der Waals surface area contributed by atoms with Crippen LogP contribution in [-0.4, -0.2) is 24.0 Å². The molecule has 2 N–H and O–H groups in total. The molecule has 0 aliphatic heterocycles. The van der Waals surface area contributed by atoms with Gasteiger partial charge in [-0.1, -0.05) is 13.8 Å². The molecule has 0 bridgehead atoms. The number of hydrogen-bond acceptors (Lipinski definition) is 3. The van der Waals surface area contributed by atoms with Crippen LogP contribution in [0.3, 0.4) is 0 Å². The molecule has 0 radical (unpaired) electrons. The SMILES string of the molecule is CCCN(CC1CC1)C(c1ccco1)C(N)CC. The van der Waals surface area contributed by atoms with Gasteiger partial charge in [0.2, 0.25) is 0 Å². The van der Waals surface area contributed by atoms with Gasteiger partial charge in [-0.05, 0) is 50.3 Å². The average molecular weight is 250 g/mol. The van der Waals surface area contributed by atoms with Crippen LogP contribution in [0.2, 0.25) is 0 Å². The van der Waals surface area contributed by atoms with Crippen LogP contribution in [0.25, 0.3) is 0 Å². The van der Waals surface area contributed by atoms with E-state index in [1.165, 1.54) is 25.8 Å². The predicted octanol–water partition coefficient (Wildman–Crippen LogP) is 3.18. The summed E-state index contributed by atoms with van der Waals surface area (Å²) >= 11 is 0. The highest BCUT2D eigenvalue weighted by atomic mass is 16.3. The van der Waals surface area contributed by atoms with E-state index in [0.29, 0.717) is 0 Å². The summed E-state index contributed by atoms with van der Waals surface area (Å²) in [5.41, 5.74) is 6.33. The molecule has 1 aliphatic rings. The normalized spacial score (nSPS) is 19.1. The second kappa shape index (κ2) is 6.39. The predicted molar refractivity (Wildman–Crippen MR) is 74.3 cm³/mol. The molecule has 1 aromatic heterocycles. The van der Waals surface area contributed by atoms with Crippen LogP contribution in [0.15, 0.2) is 22.8 Å². The number of hydrogen-bond donors (Lipinski definition) is 1. The van der Waals surface area contributed by atoms with Crippen molar-refractivity contribution in [1.82, 2.24) is 4.90 Å². The van der Waals surface area contributed by atoms with Crippen molar-refractivity contribution in [3.8, 4) is 0 Å². The molecule has 3 heteroatoms. The van der Waals surface area contributed by atoms with E-state index in [9.17, 15) is 0 Å². The Morgan fingerprint density at radius 2 is 2.22 bits per heavy atom. The minimum atomic E-state index is 0.154. The molecule has 18 heavy (non-hydrogen) atoms. The fourth-order valence-corrected chi connectivity index (χ4v) is 2.61. The second-order valence-corrected chi connectivity index (χ2v) is 5.47. The molecule has 1 fully saturated rings. The molecule has 2 unspecified atom stereocenters. The Morgan fingerprint density at radius 1 is 1.44 bits per heavy atom. The summed E-state index contributed by atoms with van der Waals surface area (Å²) in [5, 5.41) is 0. The molecule has 102 valence electrons. The summed E-state index contributed by atoms with van der Waals surface area (Å²) in [6.45, 7) is 6.67. The Labute approximate surface area is 110 Å². The Kier molecular flexibility index (Phi) is 4.84. The maximum atomic E-state index is 6.33. The first-order chi connectivity index (χ1) is 8.76. The zero-order valence-electron chi connectivity index (χ0n) is 11.6. The lowest BCUT2D eigenvalue weighted by molar-refractivity contribution is 0.141. The Morgan fingerprint density at radius 3 is 2.72 bits per heavy atom. The van der Waals surface area contributed by atoms with Crippen LogP contribution in [0, 0.1) is 5.92 Å². The van der Waals surface area contributed by atoms with Crippen LogP contribution < -0.4 is 5.73 Å². The van der Waals surface area contributed by atoms with Gasteiger partial charge in [0.15, 0.2) is 0 Å². The number of nitrogens with zero attached hydrogens (tertiary/aromatic N) is 1. The topological polar surface area (TPSA) is 42.4 Å². The number of nitrogens with two attached hydrogens (primary N) is 1. The van der Waals surface area contributed by atoms with Gasteiger partial charge in [-0.25, -0.2) is 0 Å². The molecule has 3 nitrogen and oxygen atoms in total. The minimum absolute atomic E-state index is 0.154. The summed E-state index contributed by atoms with van der Waals surface area (Å²) in [7, 11) is 0. The van der Waals surface area contributed by atoms with E-state index in [1.54, 1.807) is 6.26 Å². The third kappa shape index (κ3) is 3.36. The lowest BCUT2D eigenvalue weighted by Crippen LogP contribution is -2.42. The first-order valence-corrected chi connectivity index (χ1v) is 7.29. The van der Waals surface area contributed by atoms with E-state index in [-0.39, 0.29) is 12.1 Å². The number of rotatable bonds is 8. The Bertz CT molecular complexity index is 332. The fourth-order valence-electron chi connectivity index (χ4n) is 2.61. The molecule has 0 amide bonds. The molecular weight excluding hydrogens is 224 g/mol. The van der Waals surface area contributed by atoms with E-state index in [1.807, 2.05) is 6.07 Å². The molecular formula is C15H26N2O. The van der Waals surface area contributed by atoms with Crippen molar-refractivity contribution < 1.29 is 4.42 Å². The van der Waals surface area contributed by atoms with Crippen molar-refractivity contribution in [2.75, 3.05) is 13.1 Å². The summed E-state index contributed by atoms with van der Waals surface area (Å²) < 4.78 is 5.63. The Hall–Kier alpha value is -0.800. The molecule has 0 aromatic carbocycles. The van der Waals surface area contributed by atoms with E-state index < -0.39 is 0 Å². The van der Waals surface area contributed by atoms with Crippen molar-refractivity contribution in [2.45, 2.75) is 51.6 Å². The zero-order valence-corrected chi connectivity index (χ0v) is 11.6. The quantitative estimate of drug-likeness (QED) is 0.770. The van der Waals surface area contributed by atoms with Gasteiger partial charge in [0.05, 0.1) is 12.3 Å². The standard InChI is InChI=1S/C15H26N2O/c1-3-9-17(11-12-7-8-12)15(13(16)4-2)14-6-5-10-18-14/h5-6,10,12-13,15H,3-4,7-9,11,16H2,1-2H3. The van der Waals surface area contributed by atoms with Gasteiger partial charge >= 0.3 is 0 Å². The van der Waals surface area contributed by atoms with E-state index in [2.05, 4.69) is 24.8 Å². The van der Waals surface area contributed by atoms with E-state index in [0.717, 1.165) is 24.6 Å². The van der Waals surface area contributed by atoms with Gasteiger partial charge < -0.3 is 10.2 Å². The van der Waals surface area contributed by atoms with Crippen molar-refractivity contribution >= 4 is 0 Å². The molecule has 1 aromatic rings. The summed E-state index contributed by atoms with van der Waals surface area (Å²) in [6.07, 6.45) is 6.67. The van der Waals surface area contributed by atoms with E-state index in [4.69, 9.17) is 10.2 Å². The first kappa shape index (κ1) is 13.6. The van der Waals surface area contributed by atoms with Crippen molar-refractivity contribution in [1.29, 1.82) is 0 Å². The summed E-state index contributed by atoms with van der Waals surface area (Å²) in [6, 6.07) is 4.42. The van der Waals surface area contributed by atoms with Gasteiger partial charge in [0.1, 0.15) is 5.76 Å². The smallest absolute Gasteiger partial charge is 0.122 e. The summed E-state index contributed by atoms with van der Waals surface area (Å²) in [4.78, 5) is 2.53. The van der Waals surface area contributed by atoms with Crippen molar-refractivity contribution in [3.05, 3.63) is 24.2 Å². The fraction of sp³-hybridized carbons (Fsp3) is 0.733. The largest absolute Gasteiger partial charge is 0.468 e. The highest BCUT2D eigenvalue weighted by molar-refractivity contribution is 5.08. The third-order valence-corrected chi connectivity index (χ3v) is 3.81. The van der Waals surface area contributed by atoms with Crippen LogP contribution >= 0.6 is 0 Å². The van der Waals surface area contributed by atoms with Gasteiger partial charge in [-0.3, -0.25) is 4.90 Å². The van der Waals surface area contributed by atoms with Crippen LogP contribution in [0.4, 0.5) is 0 Å². The molecule has 1 heterocycles. The van der Waals surface area contributed by atoms with Crippen molar-refractivity contribution in [3.63, 3.8) is 0 Å². The van der Waals surface area contributed by atoms with Crippen LogP contribution in [0.1, 0.15) is 51.3 Å². The Balaban J connectivity index is 2.12. The molecule has 0 spiro atoms. The lowest BCUT2D eigenvalue weighted by atomic mass is 10.0. The monoisotopic (exact) mass is 250 g/mol. The van der Waals surface area contributed by atoms with Gasteiger partial charge in [0.25, 0.3) is 0 Å². The molecule has 1 aliphatic carbocycles. The van der Waals surface area contributed by atoms with Gasteiger partial charge in [-0.15, -0.1) is 0 Å². The van der Waals surface area contributed by atoms with Crippen LogP contribution in [0.5, 0.6) is 0 Å². The third-order valence-electron chi connectivity index (χ3n) is 3.81. The van der Waals surface area contributed by atoms with Gasteiger partial charge in [0, 0.05) is 12.6 Å². The van der Waals surface area contributed by atoms with Crippen molar-refractivity contribution in [2.24, 2.45) is 11.7 Å². The highest BCUT2D eigenvalue weighted by Crippen LogP contribution is 2.34. The zero-order chi connectivity index (χ0) is 13.0. The molecule has 2 rings (SSSR count). The minimum Gasteiger partial charge on any atom is -0.468 e. The number of furan rings is 1. The molecule has 0 saturated heterocycles. The highest BCUT2D eigenvalue weighted by Gasteiger charge is 2.32. The van der Waals surface area contributed by atoms with Crippen LogP contribution in [-0.2, 0) is 0 Å². The lowest BCUT2D eigenvalue weighted by Gasteiger charge is -2.34. The second-order valence-electron chi connectivity index (χ2n) is 5.47. The van der Waals surface area contributed by atoms with E-state index >= 15 is 0 Å². The average Bonchev–Trinajstić information content (AvgIpc) is 3.02. The maximum absolute atomic E-state index is 6.33. The molecule has 2 atom stereocenters. The van der Waals surface area contributed by atoms with Gasteiger partial charge in [-0.2, -0.15) is 0 Å². The first-order valence-electron chi connectivity index (χ1n) is 7.29.